The molecule has 2 heterocycles. The van der Waals surface area contributed by atoms with Gasteiger partial charge in [-0.05, 0) is 13.8 Å². The van der Waals surface area contributed by atoms with E-state index in [2.05, 4.69) is 29.4 Å². The van der Waals surface area contributed by atoms with Crippen LogP contribution in [0, 0.1) is 13.8 Å². The summed E-state index contributed by atoms with van der Waals surface area (Å²) in [6.45, 7) is 7.57. The minimum atomic E-state index is -0.528. The van der Waals surface area contributed by atoms with Gasteiger partial charge in [-0.15, -0.1) is 11.8 Å². The lowest BCUT2D eigenvalue weighted by molar-refractivity contribution is 0.0588. The normalized spacial score (nSPS) is 10.1. The van der Waals surface area contributed by atoms with E-state index in [0.29, 0.717) is 27.5 Å². The van der Waals surface area contributed by atoms with Crippen LogP contribution >= 0.6 is 23.4 Å². The number of ether oxygens (including phenoxy) is 2. The quantitative estimate of drug-likeness (QED) is 0.424. The molecule has 0 aliphatic rings. The minimum absolute atomic E-state index is 0.120. The molecule has 2 aromatic rings. The van der Waals surface area contributed by atoms with Crippen LogP contribution in [0.25, 0.3) is 0 Å². The first-order chi connectivity index (χ1) is 12.7. The van der Waals surface area contributed by atoms with Gasteiger partial charge in [0.15, 0.2) is 0 Å². The van der Waals surface area contributed by atoms with Crippen LogP contribution in [-0.4, -0.2) is 51.3 Å². The lowest BCUT2D eigenvalue weighted by atomic mass is 10.3. The second-order valence-electron chi connectivity index (χ2n) is 5.41. The van der Waals surface area contributed by atoms with Crippen LogP contribution in [0.4, 0.5) is 0 Å². The number of aryl methyl sites for hydroxylation is 2. The molecule has 146 valence electrons. The summed E-state index contributed by atoms with van der Waals surface area (Å²) in [5, 5.41) is 1.17. The Bertz CT molecular complexity index is 818. The van der Waals surface area contributed by atoms with Crippen molar-refractivity contribution in [1.29, 1.82) is 0 Å². The van der Waals surface area contributed by atoms with Crippen molar-refractivity contribution in [2.75, 3.05) is 14.2 Å². The van der Waals surface area contributed by atoms with E-state index in [1.54, 1.807) is 13.8 Å². The monoisotopic (exact) mass is 412 g/mol. The number of methoxy groups -OCH3 is 2. The number of rotatable bonds is 4. The summed E-state index contributed by atoms with van der Waals surface area (Å²) in [6, 6.07) is 0. The molecule has 2 aromatic heterocycles. The van der Waals surface area contributed by atoms with E-state index >= 15 is 0 Å². The third-order valence-corrected chi connectivity index (χ3v) is 4.19. The van der Waals surface area contributed by atoms with Crippen molar-refractivity contribution in [2.45, 2.75) is 38.0 Å². The summed E-state index contributed by atoms with van der Waals surface area (Å²) in [4.78, 5) is 38.2. The van der Waals surface area contributed by atoms with Gasteiger partial charge in [0.05, 0.1) is 14.2 Å². The van der Waals surface area contributed by atoms with Gasteiger partial charge in [0.25, 0.3) is 0 Å². The van der Waals surface area contributed by atoms with E-state index in [1.165, 1.54) is 38.4 Å². The maximum Gasteiger partial charge on any atom is 0.342 e. The average molecular weight is 413 g/mol. The summed E-state index contributed by atoms with van der Waals surface area (Å²) in [5.41, 5.74) is 0.617. The molecule has 0 aliphatic carbocycles. The van der Waals surface area contributed by atoms with Crippen LogP contribution in [0.15, 0.2) is 17.4 Å². The predicted octanol–water partition coefficient (Wildman–Crippen LogP) is 3.30. The maximum atomic E-state index is 11.4. The van der Waals surface area contributed by atoms with Crippen molar-refractivity contribution in [3.8, 4) is 0 Å². The van der Waals surface area contributed by atoms with Gasteiger partial charge >= 0.3 is 11.9 Å². The molecule has 27 heavy (non-hydrogen) atoms. The van der Waals surface area contributed by atoms with Crippen LogP contribution in [0.1, 0.15) is 46.2 Å². The number of carbonyl (C=O) groups excluding carboxylic acids is 2. The summed E-state index contributed by atoms with van der Waals surface area (Å²) in [7, 11) is 2.63. The standard InChI is InChI=1S/C10H14N2O2S.C7H7ClN2O2/c1-6(2)15-9-8(10(13)14-4)5-11-7(3)12-9;1-4-9-3-5(6(8)10-4)7(11)12-2/h5-6H,1-4H3;3H,1-2H3. The first-order valence-electron chi connectivity index (χ1n) is 7.85. The Labute approximate surface area is 167 Å². The van der Waals surface area contributed by atoms with Crippen LogP contribution in [-0.2, 0) is 9.47 Å². The van der Waals surface area contributed by atoms with Gasteiger partial charge in [-0.1, -0.05) is 25.4 Å². The van der Waals surface area contributed by atoms with E-state index < -0.39 is 11.9 Å². The van der Waals surface area contributed by atoms with Crippen molar-refractivity contribution in [2.24, 2.45) is 0 Å². The number of nitrogens with zero attached hydrogens (tertiary/aromatic N) is 4. The molecular weight excluding hydrogens is 392 g/mol. The number of hydrogen-bond acceptors (Lipinski definition) is 9. The molecule has 0 fully saturated rings. The van der Waals surface area contributed by atoms with E-state index in [1.807, 2.05) is 13.8 Å². The predicted molar refractivity (Wildman–Crippen MR) is 102 cm³/mol. The fraction of sp³-hybridized carbons (Fsp3) is 0.412. The molecule has 0 aromatic carbocycles. The smallest absolute Gasteiger partial charge is 0.342 e. The molecule has 0 N–H and O–H groups in total. The number of thioether (sulfide) groups is 1. The average Bonchev–Trinajstić information content (AvgIpc) is 2.60. The fourth-order valence-electron chi connectivity index (χ4n) is 1.70. The molecule has 10 heteroatoms. The molecular formula is C17H21ClN4O4S. The van der Waals surface area contributed by atoms with Crippen LogP contribution in [0.2, 0.25) is 5.15 Å². The number of carbonyl (C=O) groups is 2. The molecule has 0 bridgehead atoms. The largest absolute Gasteiger partial charge is 0.465 e. The highest BCUT2D eigenvalue weighted by molar-refractivity contribution is 7.99. The Morgan fingerprint density at radius 1 is 0.963 bits per heavy atom. The zero-order chi connectivity index (χ0) is 20.6. The van der Waals surface area contributed by atoms with E-state index in [-0.39, 0.29) is 10.7 Å². The van der Waals surface area contributed by atoms with Crippen molar-refractivity contribution in [1.82, 2.24) is 19.9 Å². The highest BCUT2D eigenvalue weighted by Crippen LogP contribution is 2.24. The molecule has 0 saturated heterocycles. The van der Waals surface area contributed by atoms with Gasteiger partial charge in [0.2, 0.25) is 0 Å². The highest BCUT2D eigenvalue weighted by atomic mass is 35.5. The summed E-state index contributed by atoms with van der Waals surface area (Å²) >= 11 is 7.18. The minimum Gasteiger partial charge on any atom is -0.465 e. The molecule has 0 aliphatic heterocycles. The molecule has 0 unspecified atom stereocenters. The van der Waals surface area contributed by atoms with Crippen molar-refractivity contribution >= 4 is 35.3 Å². The SMILES string of the molecule is COC(=O)c1cnc(C)nc1Cl.COC(=O)c1cnc(C)nc1SC(C)C. The molecule has 0 radical (unpaired) electrons. The Morgan fingerprint density at radius 3 is 1.93 bits per heavy atom. The van der Waals surface area contributed by atoms with E-state index in [0.717, 1.165) is 0 Å². The molecule has 8 nitrogen and oxygen atoms in total. The van der Waals surface area contributed by atoms with Gasteiger partial charge in [-0.25, -0.2) is 29.5 Å². The number of esters is 2. The molecule has 0 amide bonds. The topological polar surface area (TPSA) is 104 Å². The zero-order valence-electron chi connectivity index (χ0n) is 15.9. The summed E-state index contributed by atoms with van der Waals surface area (Å²) in [5.74, 6) is 0.261. The van der Waals surface area contributed by atoms with Crippen molar-refractivity contribution in [3.05, 3.63) is 40.3 Å². The number of aromatic nitrogens is 4. The third kappa shape index (κ3) is 7.10. The Balaban J connectivity index is 0.000000277. The Morgan fingerprint density at radius 2 is 1.44 bits per heavy atom. The Hall–Kier alpha value is -2.26. The highest BCUT2D eigenvalue weighted by Gasteiger charge is 2.15. The van der Waals surface area contributed by atoms with E-state index in [9.17, 15) is 9.59 Å². The third-order valence-electron chi connectivity index (χ3n) is 2.89. The second kappa shape index (κ2) is 10.8. The van der Waals surface area contributed by atoms with Crippen molar-refractivity contribution < 1.29 is 19.1 Å². The van der Waals surface area contributed by atoms with Gasteiger partial charge in [-0.2, -0.15) is 0 Å². The number of halogens is 1. The second-order valence-corrected chi connectivity index (χ2v) is 7.33. The first-order valence-corrected chi connectivity index (χ1v) is 9.11. The van der Waals surface area contributed by atoms with Crippen LogP contribution in [0.5, 0.6) is 0 Å². The molecule has 0 saturated carbocycles. The molecule has 0 atom stereocenters. The van der Waals surface area contributed by atoms with Crippen molar-refractivity contribution in [3.63, 3.8) is 0 Å². The molecule has 0 spiro atoms. The zero-order valence-corrected chi connectivity index (χ0v) is 17.5. The van der Waals surface area contributed by atoms with E-state index in [4.69, 9.17) is 11.6 Å². The van der Waals surface area contributed by atoms with Gasteiger partial charge in [0, 0.05) is 17.6 Å². The maximum absolute atomic E-state index is 11.4. The van der Waals surface area contributed by atoms with Crippen LogP contribution < -0.4 is 0 Å². The summed E-state index contributed by atoms with van der Waals surface area (Å²) < 4.78 is 9.12. The summed E-state index contributed by atoms with van der Waals surface area (Å²) in [6.07, 6.45) is 2.86. The lowest BCUT2D eigenvalue weighted by Gasteiger charge is -2.08. The van der Waals surface area contributed by atoms with Crippen LogP contribution in [0.3, 0.4) is 0 Å². The first kappa shape index (κ1) is 22.8. The fourth-order valence-corrected chi connectivity index (χ4v) is 2.84. The van der Waals surface area contributed by atoms with Gasteiger partial charge < -0.3 is 9.47 Å². The number of hydrogen-bond donors (Lipinski definition) is 0. The lowest BCUT2D eigenvalue weighted by Crippen LogP contribution is -2.07. The molecule has 2 rings (SSSR count). The van der Waals surface area contributed by atoms with Gasteiger partial charge in [0.1, 0.15) is 33.0 Å². The van der Waals surface area contributed by atoms with Gasteiger partial charge in [-0.3, -0.25) is 0 Å². The Kier molecular flexibility index (Phi) is 9.10.